The molecule has 1 aromatic carbocycles. The highest BCUT2D eigenvalue weighted by Crippen LogP contribution is 2.24. The lowest BCUT2D eigenvalue weighted by Crippen LogP contribution is -2.11. The fourth-order valence-electron chi connectivity index (χ4n) is 1.62. The van der Waals surface area contributed by atoms with Gasteiger partial charge in [-0.25, -0.2) is 0 Å². The third kappa shape index (κ3) is 3.19. The predicted molar refractivity (Wildman–Crippen MR) is 64.3 cm³/mol. The lowest BCUT2D eigenvalue weighted by Gasteiger charge is -2.20. The first-order valence-electron chi connectivity index (χ1n) is 5.49. The fourth-order valence-corrected chi connectivity index (χ4v) is 1.62. The van der Waals surface area contributed by atoms with E-state index in [1.165, 1.54) is 16.7 Å². The SMILES string of the molecule is Cc1ccc(C(C)(C)C)cc1CCC=O. The maximum Gasteiger partial charge on any atom is 0.120 e. The molecule has 0 spiro atoms. The molecule has 82 valence electrons. The van der Waals surface area contributed by atoms with Crippen LogP contribution in [0.3, 0.4) is 0 Å². The zero-order chi connectivity index (χ0) is 11.5. The number of hydrogen-bond acceptors (Lipinski definition) is 1. The number of hydrogen-bond donors (Lipinski definition) is 0. The molecule has 1 rings (SSSR count). The Morgan fingerprint density at radius 1 is 1.27 bits per heavy atom. The molecule has 0 unspecified atom stereocenters. The monoisotopic (exact) mass is 204 g/mol. The highest BCUT2D eigenvalue weighted by Gasteiger charge is 2.14. The van der Waals surface area contributed by atoms with E-state index in [-0.39, 0.29) is 5.41 Å². The summed E-state index contributed by atoms with van der Waals surface area (Å²) in [4.78, 5) is 10.4. The van der Waals surface area contributed by atoms with Crippen LogP contribution in [0.1, 0.15) is 43.9 Å². The first kappa shape index (κ1) is 12.0. The summed E-state index contributed by atoms with van der Waals surface area (Å²) < 4.78 is 0. The van der Waals surface area contributed by atoms with Gasteiger partial charge in [0.05, 0.1) is 0 Å². The summed E-state index contributed by atoms with van der Waals surface area (Å²) in [6.07, 6.45) is 2.47. The molecule has 0 bridgehead atoms. The van der Waals surface area contributed by atoms with Crippen molar-refractivity contribution in [2.24, 2.45) is 0 Å². The van der Waals surface area contributed by atoms with Crippen molar-refractivity contribution in [3.05, 3.63) is 34.9 Å². The van der Waals surface area contributed by atoms with Gasteiger partial charge >= 0.3 is 0 Å². The van der Waals surface area contributed by atoms with Crippen molar-refractivity contribution >= 4 is 6.29 Å². The van der Waals surface area contributed by atoms with E-state index in [0.29, 0.717) is 6.42 Å². The topological polar surface area (TPSA) is 17.1 Å². The van der Waals surface area contributed by atoms with E-state index < -0.39 is 0 Å². The summed E-state index contributed by atoms with van der Waals surface area (Å²) in [6, 6.07) is 6.57. The summed E-state index contributed by atoms with van der Waals surface area (Å²) >= 11 is 0. The predicted octanol–water partition coefficient (Wildman–Crippen LogP) is 3.42. The minimum atomic E-state index is 0.184. The van der Waals surface area contributed by atoms with Gasteiger partial charge in [-0.05, 0) is 35.4 Å². The molecule has 0 saturated heterocycles. The Kier molecular flexibility index (Phi) is 3.67. The van der Waals surface area contributed by atoms with Crippen LogP contribution in [0.4, 0.5) is 0 Å². The largest absolute Gasteiger partial charge is 0.303 e. The van der Waals surface area contributed by atoms with Crippen molar-refractivity contribution in [2.75, 3.05) is 0 Å². The van der Waals surface area contributed by atoms with Crippen LogP contribution in [-0.4, -0.2) is 6.29 Å². The summed E-state index contributed by atoms with van der Waals surface area (Å²) in [7, 11) is 0. The smallest absolute Gasteiger partial charge is 0.120 e. The van der Waals surface area contributed by atoms with Gasteiger partial charge in [0.15, 0.2) is 0 Å². The number of aldehydes is 1. The van der Waals surface area contributed by atoms with Gasteiger partial charge in [-0.2, -0.15) is 0 Å². The molecule has 0 N–H and O–H groups in total. The van der Waals surface area contributed by atoms with E-state index >= 15 is 0 Å². The first-order chi connectivity index (χ1) is 6.95. The van der Waals surface area contributed by atoms with Crippen LogP contribution in [-0.2, 0) is 16.6 Å². The molecular weight excluding hydrogens is 184 g/mol. The van der Waals surface area contributed by atoms with E-state index in [1.54, 1.807) is 0 Å². The van der Waals surface area contributed by atoms with Crippen molar-refractivity contribution < 1.29 is 4.79 Å². The molecule has 0 aliphatic rings. The molecule has 0 radical (unpaired) electrons. The summed E-state index contributed by atoms with van der Waals surface area (Å²) in [6.45, 7) is 8.73. The maximum absolute atomic E-state index is 10.4. The molecule has 1 aromatic rings. The number of carbonyl (C=O) groups excluding carboxylic acids is 1. The Bertz CT molecular complexity index is 345. The standard InChI is InChI=1S/C14H20O/c1-11-7-8-13(14(2,3)4)10-12(11)6-5-9-15/h7-10H,5-6H2,1-4H3. The molecule has 0 amide bonds. The van der Waals surface area contributed by atoms with Crippen LogP contribution in [0.5, 0.6) is 0 Å². The quantitative estimate of drug-likeness (QED) is 0.689. The summed E-state index contributed by atoms with van der Waals surface area (Å²) in [5.41, 5.74) is 4.11. The zero-order valence-corrected chi connectivity index (χ0v) is 10.1. The molecule has 1 nitrogen and oxygen atoms in total. The first-order valence-corrected chi connectivity index (χ1v) is 5.49. The molecule has 1 heteroatoms. The molecule has 0 aliphatic carbocycles. The molecule has 15 heavy (non-hydrogen) atoms. The lowest BCUT2D eigenvalue weighted by molar-refractivity contribution is -0.107. The highest BCUT2D eigenvalue weighted by molar-refractivity contribution is 5.50. The van der Waals surface area contributed by atoms with Crippen LogP contribution in [0.25, 0.3) is 0 Å². The average molecular weight is 204 g/mol. The maximum atomic E-state index is 10.4. The van der Waals surface area contributed by atoms with Crippen LogP contribution >= 0.6 is 0 Å². The Balaban J connectivity index is 3.00. The Hall–Kier alpha value is -1.11. The van der Waals surface area contributed by atoms with Gasteiger partial charge in [0.25, 0.3) is 0 Å². The van der Waals surface area contributed by atoms with Crippen LogP contribution in [0.15, 0.2) is 18.2 Å². The van der Waals surface area contributed by atoms with E-state index in [1.807, 2.05) is 0 Å². The normalized spacial score (nSPS) is 11.5. The second-order valence-corrected chi connectivity index (χ2v) is 5.10. The van der Waals surface area contributed by atoms with E-state index in [4.69, 9.17) is 0 Å². The number of carbonyl (C=O) groups is 1. The van der Waals surface area contributed by atoms with Crippen molar-refractivity contribution in [3.8, 4) is 0 Å². The van der Waals surface area contributed by atoms with Gasteiger partial charge in [0.2, 0.25) is 0 Å². The molecule has 0 aromatic heterocycles. The van der Waals surface area contributed by atoms with Gasteiger partial charge in [-0.15, -0.1) is 0 Å². The minimum Gasteiger partial charge on any atom is -0.303 e. The fraction of sp³-hybridized carbons (Fsp3) is 0.500. The molecule has 0 atom stereocenters. The van der Waals surface area contributed by atoms with Crippen molar-refractivity contribution in [2.45, 2.75) is 46.0 Å². The average Bonchev–Trinajstić information content (AvgIpc) is 2.15. The van der Waals surface area contributed by atoms with E-state index in [9.17, 15) is 4.79 Å². The van der Waals surface area contributed by atoms with Gasteiger partial charge in [0.1, 0.15) is 6.29 Å². The molecule has 0 aliphatic heterocycles. The Morgan fingerprint density at radius 3 is 2.47 bits per heavy atom. The lowest BCUT2D eigenvalue weighted by atomic mass is 9.85. The minimum absolute atomic E-state index is 0.184. The molecular formula is C14H20O. The van der Waals surface area contributed by atoms with Crippen molar-refractivity contribution in [3.63, 3.8) is 0 Å². The van der Waals surface area contributed by atoms with Gasteiger partial charge < -0.3 is 4.79 Å². The highest BCUT2D eigenvalue weighted by atomic mass is 16.1. The zero-order valence-electron chi connectivity index (χ0n) is 10.1. The van der Waals surface area contributed by atoms with Crippen LogP contribution in [0.2, 0.25) is 0 Å². The second-order valence-electron chi connectivity index (χ2n) is 5.10. The second kappa shape index (κ2) is 4.61. The van der Waals surface area contributed by atoms with Gasteiger partial charge in [-0.1, -0.05) is 39.0 Å². The summed E-state index contributed by atoms with van der Waals surface area (Å²) in [5, 5.41) is 0. The summed E-state index contributed by atoms with van der Waals surface area (Å²) in [5.74, 6) is 0. The number of aryl methyl sites for hydroxylation is 2. The van der Waals surface area contributed by atoms with Crippen LogP contribution in [0, 0.1) is 6.92 Å². The van der Waals surface area contributed by atoms with Gasteiger partial charge in [0, 0.05) is 6.42 Å². The molecule has 0 saturated carbocycles. The molecule has 0 heterocycles. The third-order valence-electron chi connectivity index (χ3n) is 2.75. The van der Waals surface area contributed by atoms with Crippen LogP contribution < -0.4 is 0 Å². The van der Waals surface area contributed by atoms with Crippen molar-refractivity contribution in [1.29, 1.82) is 0 Å². The van der Waals surface area contributed by atoms with Gasteiger partial charge in [-0.3, -0.25) is 0 Å². The number of rotatable bonds is 3. The number of benzene rings is 1. The van der Waals surface area contributed by atoms with E-state index in [0.717, 1.165) is 12.7 Å². The Labute approximate surface area is 92.5 Å². The third-order valence-corrected chi connectivity index (χ3v) is 2.75. The Morgan fingerprint density at radius 2 is 1.93 bits per heavy atom. The van der Waals surface area contributed by atoms with E-state index in [2.05, 4.69) is 45.9 Å². The van der Waals surface area contributed by atoms with Crippen molar-refractivity contribution in [1.82, 2.24) is 0 Å². The molecule has 0 fully saturated rings.